The number of halogens is 2. The van der Waals surface area contributed by atoms with Crippen LogP contribution in [-0.2, 0) is 4.79 Å². The predicted molar refractivity (Wildman–Crippen MR) is 76.9 cm³/mol. The van der Waals surface area contributed by atoms with E-state index in [9.17, 15) is 13.6 Å². The van der Waals surface area contributed by atoms with Gasteiger partial charge in [0.2, 0.25) is 5.91 Å². The highest BCUT2D eigenvalue weighted by Crippen LogP contribution is 2.32. The van der Waals surface area contributed by atoms with Gasteiger partial charge in [-0.15, -0.1) is 0 Å². The van der Waals surface area contributed by atoms with E-state index in [-0.39, 0.29) is 17.9 Å². The number of anilines is 1. The molecule has 0 spiro atoms. The van der Waals surface area contributed by atoms with Gasteiger partial charge < -0.3 is 11.1 Å². The van der Waals surface area contributed by atoms with Gasteiger partial charge in [-0.05, 0) is 31.4 Å². The number of thioether (sulfide) groups is 1. The predicted octanol–water partition coefficient (Wildman–Crippen LogP) is 3.46. The summed E-state index contributed by atoms with van der Waals surface area (Å²) in [6, 6.07) is 6.68. The minimum atomic E-state index is -2.50. The number of alkyl halides is 2. The van der Waals surface area contributed by atoms with Crippen molar-refractivity contribution in [2.75, 3.05) is 5.32 Å². The lowest BCUT2D eigenvalue weighted by Crippen LogP contribution is -2.34. The Morgan fingerprint density at radius 1 is 1.35 bits per heavy atom. The zero-order valence-corrected chi connectivity index (χ0v) is 11.8. The minimum Gasteiger partial charge on any atom is -0.328 e. The molecule has 1 aromatic carbocycles. The quantitative estimate of drug-likeness (QED) is 0.837. The Morgan fingerprint density at radius 2 is 2.10 bits per heavy atom. The molecule has 0 radical (unpaired) electrons. The molecule has 1 fully saturated rings. The number of hydrogen-bond donors (Lipinski definition) is 2. The SMILES string of the molecule is NC1CCCC(C(=O)Nc2ccccc2SC(F)F)C1. The van der Waals surface area contributed by atoms with E-state index >= 15 is 0 Å². The lowest BCUT2D eigenvalue weighted by molar-refractivity contribution is -0.120. The molecule has 0 saturated heterocycles. The van der Waals surface area contributed by atoms with Gasteiger partial charge in [0.05, 0.1) is 5.69 Å². The maximum absolute atomic E-state index is 12.5. The van der Waals surface area contributed by atoms with E-state index < -0.39 is 5.76 Å². The zero-order valence-electron chi connectivity index (χ0n) is 11.0. The van der Waals surface area contributed by atoms with Crippen molar-refractivity contribution >= 4 is 23.4 Å². The molecule has 3 N–H and O–H groups in total. The molecule has 1 aliphatic rings. The first-order valence-corrected chi connectivity index (χ1v) is 7.54. The van der Waals surface area contributed by atoms with E-state index in [1.807, 2.05) is 0 Å². The summed E-state index contributed by atoms with van der Waals surface area (Å²) in [6.07, 6.45) is 3.36. The summed E-state index contributed by atoms with van der Waals surface area (Å²) in [6.45, 7) is 0. The molecule has 0 aliphatic heterocycles. The van der Waals surface area contributed by atoms with Crippen molar-refractivity contribution in [1.29, 1.82) is 0 Å². The van der Waals surface area contributed by atoms with Crippen LogP contribution in [0, 0.1) is 5.92 Å². The molecule has 3 nitrogen and oxygen atoms in total. The fourth-order valence-electron chi connectivity index (χ4n) is 2.47. The second-order valence-corrected chi connectivity index (χ2v) is 6.02. The Bertz CT molecular complexity index is 470. The summed E-state index contributed by atoms with van der Waals surface area (Å²) >= 11 is 0.441. The van der Waals surface area contributed by atoms with E-state index in [1.165, 1.54) is 0 Å². The maximum Gasteiger partial charge on any atom is 0.288 e. The van der Waals surface area contributed by atoms with Crippen molar-refractivity contribution in [3.63, 3.8) is 0 Å². The third-order valence-corrected chi connectivity index (χ3v) is 4.23. The third kappa shape index (κ3) is 4.18. The molecular formula is C14H18F2N2OS. The van der Waals surface area contributed by atoms with Gasteiger partial charge in [-0.3, -0.25) is 4.79 Å². The van der Waals surface area contributed by atoms with Gasteiger partial charge >= 0.3 is 0 Å². The van der Waals surface area contributed by atoms with E-state index in [0.717, 1.165) is 19.3 Å². The number of rotatable bonds is 4. The van der Waals surface area contributed by atoms with Crippen LogP contribution in [0.3, 0.4) is 0 Å². The second kappa shape index (κ2) is 7.04. The molecule has 1 saturated carbocycles. The van der Waals surface area contributed by atoms with Crippen LogP contribution in [0.15, 0.2) is 29.2 Å². The fraction of sp³-hybridized carbons (Fsp3) is 0.500. The average Bonchev–Trinajstić information content (AvgIpc) is 2.40. The number of nitrogens with two attached hydrogens (primary N) is 1. The first-order valence-electron chi connectivity index (χ1n) is 6.66. The number of nitrogens with one attached hydrogen (secondary N) is 1. The van der Waals surface area contributed by atoms with Crippen LogP contribution in [0.5, 0.6) is 0 Å². The van der Waals surface area contributed by atoms with Crippen LogP contribution < -0.4 is 11.1 Å². The van der Waals surface area contributed by atoms with E-state index in [4.69, 9.17) is 5.73 Å². The Morgan fingerprint density at radius 3 is 2.80 bits per heavy atom. The average molecular weight is 300 g/mol. The molecule has 20 heavy (non-hydrogen) atoms. The summed E-state index contributed by atoms with van der Waals surface area (Å²) in [4.78, 5) is 12.6. The summed E-state index contributed by atoms with van der Waals surface area (Å²) in [5.74, 6) is -2.75. The van der Waals surface area contributed by atoms with Gasteiger partial charge in [0.25, 0.3) is 5.76 Å². The standard InChI is InChI=1S/C14H18F2N2OS/c15-14(16)20-12-7-2-1-6-11(12)18-13(19)9-4-3-5-10(17)8-9/h1-2,6-7,9-10,14H,3-5,8,17H2,(H,18,19). The van der Waals surface area contributed by atoms with Crippen molar-refractivity contribution in [2.45, 2.75) is 42.4 Å². The Labute approximate surface area is 121 Å². The van der Waals surface area contributed by atoms with Crippen LogP contribution in [-0.4, -0.2) is 17.7 Å². The summed E-state index contributed by atoms with van der Waals surface area (Å²) in [7, 11) is 0. The minimum absolute atomic E-state index is 0.0604. The number of carbonyl (C=O) groups is 1. The number of para-hydroxylation sites is 1. The van der Waals surface area contributed by atoms with Gasteiger partial charge in [0.15, 0.2) is 0 Å². The third-order valence-electron chi connectivity index (χ3n) is 3.45. The van der Waals surface area contributed by atoms with Crippen LogP contribution in [0.1, 0.15) is 25.7 Å². The van der Waals surface area contributed by atoms with Crippen LogP contribution in [0.2, 0.25) is 0 Å². The Hall–Kier alpha value is -1.14. The Balaban J connectivity index is 2.03. The van der Waals surface area contributed by atoms with Crippen molar-refractivity contribution in [3.05, 3.63) is 24.3 Å². The van der Waals surface area contributed by atoms with E-state index in [1.54, 1.807) is 24.3 Å². The largest absolute Gasteiger partial charge is 0.328 e. The van der Waals surface area contributed by atoms with Crippen LogP contribution in [0.4, 0.5) is 14.5 Å². The smallest absolute Gasteiger partial charge is 0.288 e. The molecule has 1 amide bonds. The first-order chi connectivity index (χ1) is 9.56. The highest BCUT2D eigenvalue weighted by Gasteiger charge is 2.25. The zero-order chi connectivity index (χ0) is 14.5. The normalized spacial score (nSPS) is 22.8. The monoisotopic (exact) mass is 300 g/mol. The van der Waals surface area contributed by atoms with Crippen molar-refractivity contribution in [2.24, 2.45) is 11.7 Å². The van der Waals surface area contributed by atoms with Gasteiger partial charge in [0, 0.05) is 16.9 Å². The molecule has 0 bridgehead atoms. The number of hydrogen-bond acceptors (Lipinski definition) is 3. The molecule has 6 heteroatoms. The summed E-state index contributed by atoms with van der Waals surface area (Å²) in [5.41, 5.74) is 6.32. The van der Waals surface area contributed by atoms with Gasteiger partial charge in [-0.1, -0.05) is 30.3 Å². The summed E-state index contributed by atoms with van der Waals surface area (Å²) in [5, 5.41) is 2.76. The van der Waals surface area contributed by atoms with Gasteiger partial charge in [-0.2, -0.15) is 8.78 Å². The lowest BCUT2D eigenvalue weighted by atomic mass is 9.85. The number of benzene rings is 1. The molecule has 1 aliphatic carbocycles. The Kier molecular flexibility index (Phi) is 5.37. The molecule has 0 heterocycles. The molecule has 2 rings (SSSR count). The second-order valence-electron chi connectivity index (χ2n) is 4.99. The van der Waals surface area contributed by atoms with Crippen molar-refractivity contribution < 1.29 is 13.6 Å². The topological polar surface area (TPSA) is 55.1 Å². The molecule has 2 atom stereocenters. The lowest BCUT2D eigenvalue weighted by Gasteiger charge is -2.26. The number of carbonyl (C=O) groups excluding carboxylic acids is 1. The molecule has 1 aromatic rings. The highest BCUT2D eigenvalue weighted by atomic mass is 32.2. The van der Waals surface area contributed by atoms with Gasteiger partial charge in [-0.25, -0.2) is 0 Å². The van der Waals surface area contributed by atoms with Crippen LogP contribution in [0.25, 0.3) is 0 Å². The van der Waals surface area contributed by atoms with Crippen molar-refractivity contribution in [3.8, 4) is 0 Å². The van der Waals surface area contributed by atoms with E-state index in [0.29, 0.717) is 28.8 Å². The fourth-order valence-corrected chi connectivity index (χ4v) is 3.06. The van der Waals surface area contributed by atoms with Crippen molar-refractivity contribution in [1.82, 2.24) is 0 Å². The van der Waals surface area contributed by atoms with E-state index in [2.05, 4.69) is 5.32 Å². The highest BCUT2D eigenvalue weighted by molar-refractivity contribution is 7.99. The molecule has 110 valence electrons. The maximum atomic E-state index is 12.5. The molecule has 0 aromatic heterocycles. The van der Waals surface area contributed by atoms with Gasteiger partial charge in [0.1, 0.15) is 0 Å². The van der Waals surface area contributed by atoms with Crippen LogP contribution >= 0.6 is 11.8 Å². The molecule has 2 unspecified atom stereocenters. The first kappa shape index (κ1) is 15.3. The summed E-state index contributed by atoms with van der Waals surface area (Å²) < 4.78 is 25.0. The molecular weight excluding hydrogens is 282 g/mol. The number of amides is 1.